The lowest BCUT2D eigenvalue weighted by atomic mass is 9.90. The second kappa shape index (κ2) is 6.70. The summed E-state index contributed by atoms with van der Waals surface area (Å²) in [6.07, 6.45) is 13.3. The van der Waals surface area contributed by atoms with Crippen LogP contribution in [0.1, 0.15) is 62.3 Å². The summed E-state index contributed by atoms with van der Waals surface area (Å²) in [4.78, 5) is 9.08. The van der Waals surface area contributed by atoms with Crippen LogP contribution in [0, 0.1) is 0 Å². The monoisotopic (exact) mass is 233 g/mol. The molecule has 1 aliphatic rings. The van der Waals surface area contributed by atoms with Crippen LogP contribution < -0.4 is 5.32 Å². The van der Waals surface area contributed by atoms with Crippen LogP contribution in [-0.2, 0) is 6.54 Å². The van der Waals surface area contributed by atoms with Crippen molar-refractivity contribution in [2.45, 2.75) is 57.4 Å². The fraction of sp³-hybridized carbons (Fsp3) is 0.714. The fourth-order valence-corrected chi connectivity index (χ4v) is 2.59. The van der Waals surface area contributed by atoms with E-state index >= 15 is 0 Å². The van der Waals surface area contributed by atoms with E-state index in [1.54, 1.807) is 0 Å². The molecule has 0 amide bonds. The molecule has 0 bridgehead atoms. The van der Waals surface area contributed by atoms with Crippen LogP contribution in [0.25, 0.3) is 0 Å². The largest absolute Gasteiger partial charge is 0.316 e. The molecule has 17 heavy (non-hydrogen) atoms. The fourth-order valence-electron chi connectivity index (χ4n) is 2.59. The molecule has 0 unspecified atom stereocenters. The highest BCUT2D eigenvalue weighted by atomic mass is 14.9. The average molecular weight is 233 g/mol. The Morgan fingerprint density at radius 1 is 1.06 bits per heavy atom. The minimum Gasteiger partial charge on any atom is -0.316 e. The van der Waals surface area contributed by atoms with Gasteiger partial charge >= 0.3 is 0 Å². The maximum absolute atomic E-state index is 4.54. The topological polar surface area (TPSA) is 37.8 Å². The van der Waals surface area contributed by atoms with Crippen molar-refractivity contribution >= 4 is 0 Å². The van der Waals surface area contributed by atoms with Gasteiger partial charge in [0.25, 0.3) is 0 Å². The quantitative estimate of drug-likeness (QED) is 0.872. The van der Waals surface area contributed by atoms with Crippen LogP contribution in [0.5, 0.6) is 0 Å². The molecule has 0 aliphatic heterocycles. The number of hydrogen-bond acceptors (Lipinski definition) is 3. The van der Waals surface area contributed by atoms with E-state index in [0.717, 1.165) is 12.4 Å². The maximum Gasteiger partial charge on any atom is 0.131 e. The van der Waals surface area contributed by atoms with Gasteiger partial charge in [0, 0.05) is 30.4 Å². The van der Waals surface area contributed by atoms with E-state index in [1.165, 1.54) is 50.5 Å². The highest BCUT2D eigenvalue weighted by Gasteiger charge is 2.15. The molecule has 1 saturated carbocycles. The van der Waals surface area contributed by atoms with Gasteiger partial charge in [0.2, 0.25) is 0 Å². The van der Waals surface area contributed by atoms with Gasteiger partial charge in [-0.15, -0.1) is 0 Å². The number of nitrogens with zero attached hydrogens (tertiary/aromatic N) is 2. The van der Waals surface area contributed by atoms with Crippen LogP contribution in [0.4, 0.5) is 0 Å². The van der Waals surface area contributed by atoms with Gasteiger partial charge in [-0.25, -0.2) is 9.97 Å². The van der Waals surface area contributed by atoms with Crippen molar-refractivity contribution in [2.75, 3.05) is 7.05 Å². The summed E-state index contributed by atoms with van der Waals surface area (Å²) in [5.74, 6) is 1.66. The normalized spacial score (nSPS) is 18.6. The molecule has 1 aromatic rings. The first kappa shape index (κ1) is 12.5. The Morgan fingerprint density at radius 3 is 2.24 bits per heavy atom. The first-order chi connectivity index (χ1) is 8.40. The molecule has 1 fully saturated rings. The molecular weight excluding hydrogens is 210 g/mol. The Bertz CT molecular complexity index is 313. The van der Waals surface area contributed by atoms with Crippen molar-refractivity contribution in [1.29, 1.82) is 0 Å². The third kappa shape index (κ3) is 3.77. The van der Waals surface area contributed by atoms with Crippen molar-refractivity contribution in [3.05, 3.63) is 23.8 Å². The number of rotatable bonds is 3. The van der Waals surface area contributed by atoms with Crippen LogP contribution in [0.3, 0.4) is 0 Å². The predicted octanol–water partition coefficient (Wildman–Crippen LogP) is 3.02. The number of nitrogens with one attached hydrogen (secondary N) is 1. The Hall–Kier alpha value is -0.960. The van der Waals surface area contributed by atoms with Crippen LogP contribution in [0.2, 0.25) is 0 Å². The Labute approximate surface area is 104 Å². The minimum atomic E-state index is 0.596. The van der Waals surface area contributed by atoms with E-state index in [1.807, 2.05) is 19.4 Å². The van der Waals surface area contributed by atoms with E-state index < -0.39 is 0 Å². The van der Waals surface area contributed by atoms with Gasteiger partial charge in [0.15, 0.2) is 0 Å². The van der Waals surface area contributed by atoms with Gasteiger partial charge in [-0.2, -0.15) is 0 Å². The van der Waals surface area contributed by atoms with E-state index in [2.05, 4.69) is 15.3 Å². The molecule has 0 atom stereocenters. The summed E-state index contributed by atoms with van der Waals surface area (Å²) >= 11 is 0. The molecule has 1 heterocycles. The summed E-state index contributed by atoms with van der Waals surface area (Å²) in [5.41, 5.74) is 1.17. The van der Waals surface area contributed by atoms with Crippen LogP contribution in [0.15, 0.2) is 12.4 Å². The lowest BCUT2D eigenvalue weighted by Crippen LogP contribution is -2.10. The summed E-state index contributed by atoms with van der Waals surface area (Å²) in [7, 11) is 1.95. The zero-order chi connectivity index (χ0) is 11.9. The molecule has 2 rings (SSSR count). The number of aromatic nitrogens is 2. The molecule has 1 aliphatic carbocycles. The molecule has 0 radical (unpaired) electrons. The molecule has 0 aromatic carbocycles. The molecule has 1 aromatic heterocycles. The summed E-state index contributed by atoms with van der Waals surface area (Å²) in [6.45, 7) is 0.852. The molecule has 94 valence electrons. The molecule has 0 spiro atoms. The van der Waals surface area contributed by atoms with Crippen molar-refractivity contribution in [2.24, 2.45) is 0 Å². The Kier molecular flexibility index (Phi) is 4.92. The van der Waals surface area contributed by atoms with Gasteiger partial charge in [-0.05, 0) is 19.9 Å². The Balaban J connectivity index is 1.99. The third-order valence-corrected chi connectivity index (χ3v) is 3.58. The van der Waals surface area contributed by atoms with Gasteiger partial charge in [-0.3, -0.25) is 0 Å². The predicted molar refractivity (Wildman–Crippen MR) is 69.9 cm³/mol. The van der Waals surface area contributed by atoms with E-state index in [4.69, 9.17) is 0 Å². The summed E-state index contributed by atoms with van der Waals surface area (Å²) < 4.78 is 0. The van der Waals surface area contributed by atoms with Crippen LogP contribution in [-0.4, -0.2) is 17.0 Å². The SMILES string of the molecule is CNCc1cnc(C2CCCCCCC2)nc1. The average Bonchev–Trinajstić information content (AvgIpc) is 2.30. The molecule has 3 heteroatoms. The zero-order valence-electron chi connectivity index (χ0n) is 10.8. The second-order valence-corrected chi connectivity index (χ2v) is 5.02. The van der Waals surface area contributed by atoms with Gasteiger partial charge in [0.1, 0.15) is 5.82 Å². The molecule has 3 nitrogen and oxygen atoms in total. The van der Waals surface area contributed by atoms with E-state index in [-0.39, 0.29) is 0 Å². The highest BCUT2D eigenvalue weighted by Crippen LogP contribution is 2.28. The first-order valence-electron chi connectivity index (χ1n) is 6.85. The van der Waals surface area contributed by atoms with Crippen molar-refractivity contribution in [3.8, 4) is 0 Å². The minimum absolute atomic E-state index is 0.596. The Morgan fingerprint density at radius 2 is 1.65 bits per heavy atom. The number of hydrogen-bond donors (Lipinski definition) is 1. The first-order valence-corrected chi connectivity index (χ1v) is 6.85. The van der Waals surface area contributed by atoms with E-state index in [0.29, 0.717) is 5.92 Å². The lowest BCUT2D eigenvalue weighted by Gasteiger charge is -2.18. The summed E-state index contributed by atoms with van der Waals surface area (Å²) in [5, 5.41) is 3.12. The lowest BCUT2D eigenvalue weighted by molar-refractivity contribution is 0.442. The van der Waals surface area contributed by atoms with Crippen molar-refractivity contribution in [3.63, 3.8) is 0 Å². The summed E-state index contributed by atoms with van der Waals surface area (Å²) in [6, 6.07) is 0. The van der Waals surface area contributed by atoms with Gasteiger partial charge in [-0.1, -0.05) is 32.1 Å². The second-order valence-electron chi connectivity index (χ2n) is 5.02. The molecular formula is C14H23N3. The zero-order valence-corrected chi connectivity index (χ0v) is 10.8. The maximum atomic E-state index is 4.54. The molecule has 1 N–H and O–H groups in total. The van der Waals surface area contributed by atoms with Gasteiger partial charge < -0.3 is 5.32 Å². The smallest absolute Gasteiger partial charge is 0.131 e. The van der Waals surface area contributed by atoms with Crippen molar-refractivity contribution in [1.82, 2.24) is 15.3 Å². The third-order valence-electron chi connectivity index (χ3n) is 3.58. The van der Waals surface area contributed by atoms with Crippen molar-refractivity contribution < 1.29 is 0 Å². The van der Waals surface area contributed by atoms with E-state index in [9.17, 15) is 0 Å². The van der Waals surface area contributed by atoms with Crippen LogP contribution >= 0.6 is 0 Å². The standard InChI is InChI=1S/C14H23N3/c1-15-9-12-10-16-14(17-11-12)13-7-5-3-2-4-6-8-13/h10-11,13,15H,2-9H2,1H3. The molecule has 0 saturated heterocycles. The highest BCUT2D eigenvalue weighted by molar-refractivity contribution is 5.07. The van der Waals surface area contributed by atoms with Gasteiger partial charge in [0.05, 0.1) is 0 Å².